The molecular formula is C14H11NO2. The third-order valence-corrected chi connectivity index (χ3v) is 2.97. The van der Waals surface area contributed by atoms with E-state index >= 15 is 0 Å². The molecule has 0 aliphatic carbocycles. The summed E-state index contributed by atoms with van der Waals surface area (Å²) in [6, 6.07) is 10.0. The second kappa shape index (κ2) is 4.01. The van der Waals surface area contributed by atoms with Crippen molar-refractivity contribution in [2.75, 3.05) is 0 Å². The first-order valence-electron chi connectivity index (χ1n) is 5.54. The number of pyridine rings is 1. The van der Waals surface area contributed by atoms with Gasteiger partial charge in [-0.25, -0.2) is 0 Å². The SMILES string of the molecule is O=C1OC=CC1Cc1nccc2ccccc12. The molecule has 3 nitrogen and oxygen atoms in total. The number of nitrogens with zero attached hydrogens (tertiary/aromatic N) is 1. The maximum Gasteiger partial charge on any atom is 0.318 e. The number of benzene rings is 1. The van der Waals surface area contributed by atoms with Gasteiger partial charge in [0.1, 0.15) is 0 Å². The summed E-state index contributed by atoms with van der Waals surface area (Å²) < 4.78 is 4.80. The van der Waals surface area contributed by atoms with E-state index < -0.39 is 0 Å². The molecule has 0 spiro atoms. The molecule has 0 saturated carbocycles. The van der Waals surface area contributed by atoms with Gasteiger partial charge in [-0.1, -0.05) is 24.3 Å². The highest BCUT2D eigenvalue weighted by Crippen LogP contribution is 2.22. The van der Waals surface area contributed by atoms with Crippen LogP contribution in [0.2, 0.25) is 0 Å². The molecular weight excluding hydrogens is 214 g/mol. The van der Waals surface area contributed by atoms with Gasteiger partial charge in [-0.2, -0.15) is 0 Å². The van der Waals surface area contributed by atoms with Gasteiger partial charge in [0.15, 0.2) is 0 Å². The van der Waals surface area contributed by atoms with Crippen molar-refractivity contribution >= 4 is 16.7 Å². The lowest BCUT2D eigenvalue weighted by molar-refractivity contribution is -0.138. The van der Waals surface area contributed by atoms with Gasteiger partial charge in [-0.3, -0.25) is 9.78 Å². The molecule has 2 heterocycles. The second-order valence-electron chi connectivity index (χ2n) is 4.05. The third-order valence-electron chi connectivity index (χ3n) is 2.97. The zero-order chi connectivity index (χ0) is 11.7. The number of ether oxygens (including phenoxy) is 1. The number of carbonyl (C=O) groups excluding carboxylic acids is 1. The van der Waals surface area contributed by atoms with Crippen LogP contribution >= 0.6 is 0 Å². The lowest BCUT2D eigenvalue weighted by atomic mass is 10.00. The molecule has 0 bridgehead atoms. The number of esters is 1. The molecule has 1 aliphatic rings. The highest BCUT2D eigenvalue weighted by atomic mass is 16.5. The molecule has 3 heteroatoms. The summed E-state index contributed by atoms with van der Waals surface area (Å²) in [6.07, 6.45) is 5.61. The van der Waals surface area contributed by atoms with Gasteiger partial charge in [0.25, 0.3) is 0 Å². The Balaban J connectivity index is 2.00. The normalized spacial score (nSPS) is 18.6. The Hall–Kier alpha value is -2.16. The van der Waals surface area contributed by atoms with Crippen LogP contribution in [-0.2, 0) is 16.0 Å². The number of fused-ring (bicyclic) bond motifs is 1. The molecule has 0 N–H and O–H groups in total. The average Bonchev–Trinajstić information content (AvgIpc) is 2.76. The fraction of sp³-hybridized carbons (Fsp3) is 0.143. The Labute approximate surface area is 98.7 Å². The van der Waals surface area contributed by atoms with E-state index in [-0.39, 0.29) is 11.9 Å². The lowest BCUT2D eigenvalue weighted by Crippen LogP contribution is -2.12. The zero-order valence-corrected chi connectivity index (χ0v) is 9.17. The van der Waals surface area contributed by atoms with Crippen LogP contribution in [0.3, 0.4) is 0 Å². The lowest BCUT2D eigenvalue weighted by Gasteiger charge is -2.07. The van der Waals surface area contributed by atoms with Gasteiger partial charge in [-0.05, 0) is 17.5 Å². The van der Waals surface area contributed by atoms with E-state index in [9.17, 15) is 4.79 Å². The van der Waals surface area contributed by atoms with Crippen molar-refractivity contribution in [3.05, 3.63) is 54.6 Å². The monoisotopic (exact) mass is 225 g/mol. The van der Waals surface area contributed by atoms with Crippen LogP contribution in [0.15, 0.2) is 48.9 Å². The van der Waals surface area contributed by atoms with Gasteiger partial charge < -0.3 is 4.74 Å². The van der Waals surface area contributed by atoms with Crippen LogP contribution in [0.4, 0.5) is 0 Å². The van der Waals surface area contributed by atoms with Gasteiger partial charge in [0.05, 0.1) is 12.2 Å². The number of hydrogen-bond acceptors (Lipinski definition) is 3. The quantitative estimate of drug-likeness (QED) is 0.737. The minimum Gasteiger partial charge on any atom is -0.434 e. The maximum atomic E-state index is 11.4. The van der Waals surface area contributed by atoms with Gasteiger partial charge in [-0.15, -0.1) is 0 Å². The standard InChI is InChI=1S/C14H11NO2/c16-14-11(6-8-17-14)9-13-12-4-2-1-3-10(12)5-7-15-13/h1-8,11H,9H2. The number of aromatic nitrogens is 1. The van der Waals surface area contributed by atoms with Crippen molar-refractivity contribution in [2.45, 2.75) is 6.42 Å². The smallest absolute Gasteiger partial charge is 0.318 e. The minimum atomic E-state index is -0.201. The molecule has 17 heavy (non-hydrogen) atoms. The minimum absolute atomic E-state index is 0.195. The largest absolute Gasteiger partial charge is 0.434 e. The van der Waals surface area contributed by atoms with Crippen molar-refractivity contribution in [1.29, 1.82) is 0 Å². The third kappa shape index (κ3) is 1.80. The van der Waals surface area contributed by atoms with Crippen LogP contribution in [0, 0.1) is 5.92 Å². The molecule has 1 unspecified atom stereocenters. The molecule has 1 aliphatic heterocycles. The van der Waals surface area contributed by atoms with Crippen molar-refractivity contribution in [1.82, 2.24) is 4.98 Å². The van der Waals surface area contributed by atoms with Crippen molar-refractivity contribution in [2.24, 2.45) is 5.92 Å². The summed E-state index contributed by atoms with van der Waals surface area (Å²) in [4.78, 5) is 15.8. The van der Waals surface area contributed by atoms with E-state index in [0.29, 0.717) is 6.42 Å². The van der Waals surface area contributed by atoms with E-state index in [0.717, 1.165) is 16.5 Å². The summed E-state index contributed by atoms with van der Waals surface area (Å²) in [5, 5.41) is 2.25. The molecule has 2 aromatic rings. The summed E-state index contributed by atoms with van der Waals surface area (Å²) in [5.74, 6) is -0.395. The van der Waals surface area contributed by atoms with Crippen molar-refractivity contribution in [3.8, 4) is 0 Å². The summed E-state index contributed by atoms with van der Waals surface area (Å²) in [7, 11) is 0. The molecule has 1 atom stereocenters. The highest BCUT2D eigenvalue weighted by Gasteiger charge is 2.23. The van der Waals surface area contributed by atoms with Crippen LogP contribution in [0.1, 0.15) is 5.69 Å². The van der Waals surface area contributed by atoms with E-state index in [1.807, 2.05) is 30.3 Å². The van der Waals surface area contributed by atoms with Gasteiger partial charge in [0.2, 0.25) is 0 Å². The first-order valence-corrected chi connectivity index (χ1v) is 5.54. The molecule has 1 aromatic heterocycles. The average molecular weight is 225 g/mol. The summed E-state index contributed by atoms with van der Waals surface area (Å²) >= 11 is 0. The first kappa shape index (κ1) is 10.0. The fourth-order valence-electron chi connectivity index (χ4n) is 2.07. The van der Waals surface area contributed by atoms with E-state index in [1.165, 1.54) is 6.26 Å². The van der Waals surface area contributed by atoms with Gasteiger partial charge >= 0.3 is 5.97 Å². The Kier molecular flexibility index (Phi) is 2.37. The predicted octanol–water partition coefficient (Wildman–Crippen LogP) is 2.46. The predicted molar refractivity (Wildman–Crippen MR) is 64.2 cm³/mol. The Bertz CT molecular complexity index is 599. The topological polar surface area (TPSA) is 39.2 Å². The molecule has 0 radical (unpaired) electrons. The van der Waals surface area contributed by atoms with Crippen LogP contribution < -0.4 is 0 Å². The number of cyclic esters (lactones) is 1. The molecule has 1 aromatic carbocycles. The molecule has 84 valence electrons. The summed E-state index contributed by atoms with van der Waals surface area (Å²) in [6.45, 7) is 0. The van der Waals surface area contributed by atoms with E-state index in [2.05, 4.69) is 4.98 Å². The molecule has 0 amide bonds. The van der Waals surface area contributed by atoms with Crippen molar-refractivity contribution in [3.63, 3.8) is 0 Å². The number of carbonyl (C=O) groups is 1. The maximum absolute atomic E-state index is 11.4. The Morgan fingerprint density at radius 1 is 1.24 bits per heavy atom. The highest BCUT2D eigenvalue weighted by molar-refractivity contribution is 5.85. The van der Waals surface area contributed by atoms with Crippen LogP contribution in [0.25, 0.3) is 10.8 Å². The van der Waals surface area contributed by atoms with E-state index in [1.54, 1.807) is 12.3 Å². The first-order chi connectivity index (χ1) is 8.34. The van der Waals surface area contributed by atoms with Gasteiger partial charge in [0, 0.05) is 23.7 Å². The van der Waals surface area contributed by atoms with Crippen LogP contribution in [0.5, 0.6) is 0 Å². The number of rotatable bonds is 2. The molecule has 3 rings (SSSR count). The molecule has 0 fully saturated rings. The Morgan fingerprint density at radius 2 is 2.12 bits per heavy atom. The van der Waals surface area contributed by atoms with E-state index in [4.69, 9.17) is 4.74 Å². The van der Waals surface area contributed by atoms with Crippen molar-refractivity contribution < 1.29 is 9.53 Å². The van der Waals surface area contributed by atoms with Crippen LogP contribution in [-0.4, -0.2) is 11.0 Å². The Morgan fingerprint density at radius 3 is 2.94 bits per heavy atom. The zero-order valence-electron chi connectivity index (χ0n) is 9.17. The fourth-order valence-corrected chi connectivity index (χ4v) is 2.07. The second-order valence-corrected chi connectivity index (χ2v) is 4.05. The summed E-state index contributed by atoms with van der Waals surface area (Å²) in [5.41, 5.74) is 0.941. The number of hydrogen-bond donors (Lipinski definition) is 0. The molecule has 0 saturated heterocycles.